The zero-order valence-corrected chi connectivity index (χ0v) is 16.2. The monoisotopic (exact) mass is 404 g/mol. The van der Waals surface area contributed by atoms with Crippen molar-refractivity contribution in [2.24, 2.45) is 0 Å². The van der Waals surface area contributed by atoms with Crippen LogP contribution in [0.3, 0.4) is 0 Å². The average Bonchev–Trinajstić information content (AvgIpc) is 3.40. The van der Waals surface area contributed by atoms with E-state index in [9.17, 15) is 4.79 Å². The Labute approximate surface area is 163 Å². The van der Waals surface area contributed by atoms with E-state index in [2.05, 4.69) is 20.8 Å². The van der Waals surface area contributed by atoms with E-state index < -0.39 is 0 Å². The van der Waals surface area contributed by atoms with Crippen LogP contribution in [-0.4, -0.2) is 30.3 Å². The number of thiazole rings is 1. The number of hydrogen-bond acceptors (Lipinski definition) is 9. The summed E-state index contributed by atoms with van der Waals surface area (Å²) in [5.74, 6) is 2.92. The van der Waals surface area contributed by atoms with Gasteiger partial charge >= 0.3 is 0 Å². The minimum absolute atomic E-state index is 0.304. The Morgan fingerprint density at radius 2 is 2.07 bits per heavy atom. The van der Waals surface area contributed by atoms with Gasteiger partial charge in [0.1, 0.15) is 5.69 Å². The number of aromatic nitrogens is 2. The Bertz CT molecular complexity index is 985. The highest BCUT2D eigenvalue weighted by molar-refractivity contribution is 7.98. The lowest BCUT2D eigenvalue weighted by atomic mass is 10.3. The van der Waals surface area contributed by atoms with E-state index in [1.807, 2.05) is 6.07 Å². The molecule has 0 saturated heterocycles. The summed E-state index contributed by atoms with van der Waals surface area (Å²) in [7, 11) is 3.16. The Kier molecular flexibility index (Phi) is 4.90. The molecule has 2 N–H and O–H groups in total. The van der Waals surface area contributed by atoms with Crippen molar-refractivity contribution in [2.75, 3.05) is 24.9 Å². The SMILES string of the molecule is COc1ccc(Nc2nc(C(=O)Nc3onc4c3CSC4)cs2)cc1OC. The molecule has 1 aromatic carbocycles. The number of methoxy groups -OCH3 is 2. The number of amides is 1. The maximum Gasteiger partial charge on any atom is 0.277 e. The number of fused-ring (bicyclic) bond motifs is 1. The molecule has 1 amide bonds. The minimum atomic E-state index is -0.331. The molecule has 10 heteroatoms. The van der Waals surface area contributed by atoms with E-state index in [1.165, 1.54) is 11.3 Å². The van der Waals surface area contributed by atoms with Gasteiger partial charge in [0.25, 0.3) is 5.91 Å². The summed E-state index contributed by atoms with van der Waals surface area (Å²) in [4.78, 5) is 16.8. The first kappa shape index (κ1) is 17.7. The number of ether oxygens (including phenoxy) is 2. The first-order chi connectivity index (χ1) is 13.2. The highest BCUT2D eigenvalue weighted by Crippen LogP contribution is 2.35. The Hall–Kier alpha value is -2.72. The zero-order chi connectivity index (χ0) is 18.8. The number of anilines is 3. The van der Waals surface area contributed by atoms with Crippen molar-refractivity contribution in [1.29, 1.82) is 0 Å². The van der Waals surface area contributed by atoms with E-state index in [-0.39, 0.29) is 5.91 Å². The van der Waals surface area contributed by atoms with Crippen LogP contribution < -0.4 is 20.1 Å². The Morgan fingerprint density at radius 1 is 1.22 bits per heavy atom. The number of rotatable bonds is 6. The number of nitrogens with one attached hydrogen (secondary N) is 2. The lowest BCUT2D eigenvalue weighted by molar-refractivity contribution is 0.101. The van der Waals surface area contributed by atoms with Crippen LogP contribution in [0.5, 0.6) is 11.5 Å². The van der Waals surface area contributed by atoms with Gasteiger partial charge in [0.2, 0.25) is 5.88 Å². The predicted octanol–water partition coefficient (Wildman–Crippen LogP) is 3.89. The van der Waals surface area contributed by atoms with Crippen LogP contribution in [0.25, 0.3) is 0 Å². The first-order valence-corrected chi connectivity index (χ1v) is 10.0. The average molecular weight is 404 g/mol. The van der Waals surface area contributed by atoms with Crippen LogP contribution in [-0.2, 0) is 11.5 Å². The molecule has 0 radical (unpaired) electrons. The molecule has 4 rings (SSSR count). The van der Waals surface area contributed by atoms with Crippen LogP contribution in [0, 0.1) is 0 Å². The summed E-state index contributed by atoms with van der Waals surface area (Å²) >= 11 is 3.07. The quantitative estimate of drug-likeness (QED) is 0.638. The number of carbonyl (C=O) groups is 1. The van der Waals surface area contributed by atoms with Gasteiger partial charge in [0.05, 0.1) is 25.5 Å². The fourth-order valence-electron chi connectivity index (χ4n) is 2.59. The van der Waals surface area contributed by atoms with Gasteiger partial charge in [0, 0.05) is 28.6 Å². The summed E-state index contributed by atoms with van der Waals surface area (Å²) < 4.78 is 15.7. The van der Waals surface area contributed by atoms with E-state index in [0.29, 0.717) is 28.2 Å². The van der Waals surface area contributed by atoms with Gasteiger partial charge < -0.3 is 19.3 Å². The third-order valence-electron chi connectivity index (χ3n) is 3.95. The summed E-state index contributed by atoms with van der Waals surface area (Å²) in [6, 6.07) is 5.44. The van der Waals surface area contributed by atoms with Crippen LogP contribution in [0.1, 0.15) is 21.7 Å². The van der Waals surface area contributed by atoms with Gasteiger partial charge in [-0.2, -0.15) is 11.8 Å². The van der Waals surface area contributed by atoms with E-state index in [4.69, 9.17) is 14.0 Å². The van der Waals surface area contributed by atoms with Crippen molar-refractivity contribution >= 4 is 45.7 Å². The first-order valence-electron chi connectivity index (χ1n) is 7.99. The molecule has 27 heavy (non-hydrogen) atoms. The molecule has 2 aromatic heterocycles. The summed E-state index contributed by atoms with van der Waals surface area (Å²) in [6.07, 6.45) is 0. The van der Waals surface area contributed by atoms with Crippen molar-refractivity contribution in [1.82, 2.24) is 10.1 Å². The molecule has 1 aliphatic heterocycles. The van der Waals surface area contributed by atoms with Crippen LogP contribution in [0.4, 0.5) is 16.7 Å². The molecule has 1 aliphatic rings. The minimum Gasteiger partial charge on any atom is -0.493 e. The smallest absolute Gasteiger partial charge is 0.277 e. The van der Waals surface area contributed by atoms with Gasteiger partial charge in [-0.05, 0) is 12.1 Å². The molecule has 3 aromatic rings. The van der Waals surface area contributed by atoms with Gasteiger partial charge in [-0.1, -0.05) is 5.16 Å². The maximum atomic E-state index is 12.4. The van der Waals surface area contributed by atoms with E-state index in [1.54, 1.807) is 43.5 Å². The van der Waals surface area contributed by atoms with E-state index >= 15 is 0 Å². The number of nitrogens with zero attached hydrogens (tertiary/aromatic N) is 2. The number of hydrogen-bond donors (Lipinski definition) is 2. The molecule has 140 valence electrons. The molecule has 0 saturated carbocycles. The fraction of sp³-hybridized carbons (Fsp3) is 0.235. The van der Waals surface area contributed by atoms with Gasteiger partial charge in [0.15, 0.2) is 16.6 Å². The van der Waals surface area contributed by atoms with Crippen molar-refractivity contribution in [3.05, 3.63) is 40.5 Å². The lowest BCUT2D eigenvalue weighted by Gasteiger charge is -2.09. The molecule has 0 aliphatic carbocycles. The van der Waals surface area contributed by atoms with Crippen LogP contribution in [0.2, 0.25) is 0 Å². The second-order valence-corrected chi connectivity index (χ2v) is 7.46. The van der Waals surface area contributed by atoms with Crippen molar-refractivity contribution in [3.63, 3.8) is 0 Å². The molecular formula is C17H16N4O4S2. The highest BCUT2D eigenvalue weighted by atomic mass is 32.2. The third kappa shape index (κ3) is 3.58. The third-order valence-corrected chi connectivity index (χ3v) is 5.68. The molecule has 0 bridgehead atoms. The van der Waals surface area contributed by atoms with Gasteiger partial charge in [-0.3, -0.25) is 10.1 Å². The summed E-state index contributed by atoms with van der Waals surface area (Å²) in [6.45, 7) is 0. The molecule has 0 unspecified atom stereocenters. The molecule has 0 spiro atoms. The normalized spacial score (nSPS) is 12.5. The molecule has 3 heterocycles. The fourth-order valence-corrected chi connectivity index (χ4v) is 4.33. The molecule has 8 nitrogen and oxygen atoms in total. The Balaban J connectivity index is 1.46. The second-order valence-electron chi connectivity index (χ2n) is 5.62. The number of thioether (sulfide) groups is 1. The molecule has 0 atom stereocenters. The van der Waals surface area contributed by atoms with Crippen molar-refractivity contribution in [3.8, 4) is 11.5 Å². The second kappa shape index (κ2) is 7.49. The largest absolute Gasteiger partial charge is 0.493 e. The summed E-state index contributed by atoms with van der Waals surface area (Å²) in [5, 5.41) is 12.2. The number of carbonyl (C=O) groups excluding carboxylic acids is 1. The van der Waals surface area contributed by atoms with Crippen LogP contribution in [0.15, 0.2) is 28.1 Å². The van der Waals surface area contributed by atoms with Crippen molar-refractivity contribution in [2.45, 2.75) is 11.5 Å². The lowest BCUT2D eigenvalue weighted by Crippen LogP contribution is -2.12. The summed E-state index contributed by atoms with van der Waals surface area (Å²) in [5.41, 5.74) is 2.93. The highest BCUT2D eigenvalue weighted by Gasteiger charge is 2.23. The molecular weight excluding hydrogens is 388 g/mol. The van der Waals surface area contributed by atoms with Crippen molar-refractivity contribution < 1.29 is 18.8 Å². The Morgan fingerprint density at radius 3 is 2.89 bits per heavy atom. The zero-order valence-electron chi connectivity index (χ0n) is 14.6. The molecule has 0 fully saturated rings. The standard InChI is InChI=1S/C17H16N4O4S2/c1-23-13-4-3-9(5-14(13)24-2)18-17-19-12(8-27-17)15(22)20-16-10-6-26-7-11(10)21-25-16/h3-5,8H,6-7H2,1-2H3,(H,18,19)(H,20,22). The van der Waals surface area contributed by atoms with Gasteiger partial charge in [-0.15, -0.1) is 11.3 Å². The maximum absolute atomic E-state index is 12.4. The topological polar surface area (TPSA) is 98.5 Å². The number of benzene rings is 1. The predicted molar refractivity (Wildman–Crippen MR) is 104 cm³/mol. The van der Waals surface area contributed by atoms with Crippen LogP contribution >= 0.6 is 23.1 Å². The van der Waals surface area contributed by atoms with E-state index in [0.717, 1.165) is 28.5 Å². The van der Waals surface area contributed by atoms with Gasteiger partial charge in [-0.25, -0.2) is 4.98 Å².